The zero-order valence-corrected chi connectivity index (χ0v) is 12.2. The first-order valence-corrected chi connectivity index (χ1v) is 7.41. The van der Waals surface area contributed by atoms with Gasteiger partial charge in [-0.2, -0.15) is 0 Å². The topological polar surface area (TPSA) is 39.4 Å². The number of benzene rings is 1. The van der Waals surface area contributed by atoms with E-state index in [4.69, 9.17) is 9.72 Å². The summed E-state index contributed by atoms with van der Waals surface area (Å²) in [5, 5.41) is 0.959. The van der Waals surface area contributed by atoms with Crippen molar-refractivity contribution in [3.8, 4) is 17.0 Å². The molecule has 0 aliphatic carbocycles. The van der Waals surface area contributed by atoms with E-state index in [1.54, 1.807) is 25.1 Å². The minimum absolute atomic E-state index is 0.831. The summed E-state index contributed by atoms with van der Waals surface area (Å²) in [6, 6.07) is 9.92. The molecule has 2 aromatic heterocycles. The summed E-state index contributed by atoms with van der Waals surface area (Å²) in [4.78, 5) is 9.11. The van der Waals surface area contributed by atoms with E-state index in [0.29, 0.717) is 0 Å². The lowest BCUT2D eigenvalue weighted by atomic mass is 10.1. The van der Waals surface area contributed by atoms with Gasteiger partial charge in [0.1, 0.15) is 11.4 Å². The van der Waals surface area contributed by atoms with Crippen molar-refractivity contribution < 1.29 is 4.74 Å². The van der Waals surface area contributed by atoms with Crippen molar-refractivity contribution in [1.82, 2.24) is 14.4 Å². The number of hydrogen-bond donors (Lipinski definition) is 0. The monoisotopic (exact) mass is 285 g/mol. The highest BCUT2D eigenvalue weighted by Crippen LogP contribution is 2.26. The van der Waals surface area contributed by atoms with Crippen LogP contribution in [0.5, 0.6) is 5.75 Å². The highest BCUT2D eigenvalue weighted by molar-refractivity contribution is 7.99. The fraction of sp³-hybridized carbons (Fsp3) is 0.200. The van der Waals surface area contributed by atoms with E-state index in [-0.39, 0.29) is 0 Å². The summed E-state index contributed by atoms with van der Waals surface area (Å²) in [6.45, 7) is 2.12. The Morgan fingerprint density at radius 3 is 3.00 bits per heavy atom. The van der Waals surface area contributed by atoms with Crippen LogP contribution in [0, 0.1) is 0 Å². The van der Waals surface area contributed by atoms with E-state index in [1.165, 1.54) is 0 Å². The molecule has 20 heavy (non-hydrogen) atoms. The Labute approximate surface area is 121 Å². The third-order valence-electron chi connectivity index (χ3n) is 3.00. The fourth-order valence-corrected chi connectivity index (χ4v) is 2.77. The minimum atomic E-state index is 0.831. The minimum Gasteiger partial charge on any atom is -0.497 e. The molecule has 0 spiro atoms. The number of rotatable bonds is 4. The van der Waals surface area contributed by atoms with Crippen LogP contribution in [0.4, 0.5) is 0 Å². The summed E-state index contributed by atoms with van der Waals surface area (Å²) in [5.41, 5.74) is 2.86. The van der Waals surface area contributed by atoms with E-state index in [0.717, 1.165) is 33.6 Å². The summed E-state index contributed by atoms with van der Waals surface area (Å²) in [5.74, 6) is 1.80. The molecular weight excluding hydrogens is 270 g/mol. The molecule has 0 amide bonds. The molecule has 0 fully saturated rings. The second-order valence-electron chi connectivity index (χ2n) is 4.24. The lowest BCUT2D eigenvalue weighted by Crippen LogP contribution is -1.96. The molecular formula is C15H15N3OS. The summed E-state index contributed by atoms with van der Waals surface area (Å²) in [6.07, 6.45) is 3.74. The summed E-state index contributed by atoms with van der Waals surface area (Å²) in [7, 11) is 1.67. The van der Waals surface area contributed by atoms with Gasteiger partial charge < -0.3 is 4.74 Å². The van der Waals surface area contributed by atoms with E-state index in [9.17, 15) is 0 Å². The number of imidazole rings is 1. The smallest absolute Gasteiger partial charge is 0.174 e. The molecule has 102 valence electrons. The van der Waals surface area contributed by atoms with Crippen molar-refractivity contribution in [3.05, 3.63) is 42.7 Å². The van der Waals surface area contributed by atoms with Gasteiger partial charge in [-0.3, -0.25) is 4.40 Å². The molecule has 2 heterocycles. The number of hydrogen-bond acceptors (Lipinski definition) is 4. The van der Waals surface area contributed by atoms with Crippen LogP contribution in [0.15, 0.2) is 47.9 Å². The van der Waals surface area contributed by atoms with E-state index in [2.05, 4.69) is 11.9 Å². The normalized spacial score (nSPS) is 10.9. The van der Waals surface area contributed by atoms with Crippen LogP contribution in [0.1, 0.15) is 6.92 Å². The predicted molar refractivity (Wildman–Crippen MR) is 81.4 cm³/mol. The Kier molecular flexibility index (Phi) is 3.60. The van der Waals surface area contributed by atoms with Gasteiger partial charge in [0.05, 0.1) is 12.8 Å². The molecule has 0 bridgehead atoms. The third-order valence-corrected chi connectivity index (χ3v) is 3.83. The van der Waals surface area contributed by atoms with Crippen molar-refractivity contribution >= 4 is 17.4 Å². The van der Waals surface area contributed by atoms with Gasteiger partial charge in [-0.15, -0.1) is 0 Å². The van der Waals surface area contributed by atoms with E-state index < -0.39 is 0 Å². The van der Waals surface area contributed by atoms with Gasteiger partial charge in [-0.05, 0) is 17.9 Å². The highest BCUT2D eigenvalue weighted by Gasteiger charge is 2.08. The molecule has 0 atom stereocenters. The van der Waals surface area contributed by atoms with Gasteiger partial charge in [0.25, 0.3) is 0 Å². The van der Waals surface area contributed by atoms with Crippen molar-refractivity contribution in [2.24, 2.45) is 0 Å². The number of methoxy groups -OCH3 is 1. The third kappa shape index (κ3) is 2.36. The van der Waals surface area contributed by atoms with Crippen molar-refractivity contribution in [2.45, 2.75) is 12.1 Å². The molecule has 0 unspecified atom stereocenters. The van der Waals surface area contributed by atoms with Crippen LogP contribution in [0.3, 0.4) is 0 Å². The Morgan fingerprint density at radius 2 is 2.20 bits per heavy atom. The zero-order valence-electron chi connectivity index (χ0n) is 11.4. The fourth-order valence-electron chi connectivity index (χ4n) is 2.06. The number of aromatic nitrogens is 3. The first-order chi connectivity index (χ1) is 9.81. The lowest BCUT2D eigenvalue weighted by molar-refractivity contribution is 0.415. The van der Waals surface area contributed by atoms with Gasteiger partial charge in [0.2, 0.25) is 0 Å². The van der Waals surface area contributed by atoms with Gasteiger partial charge in [0, 0.05) is 24.0 Å². The molecule has 0 saturated carbocycles. The molecule has 1 aromatic carbocycles. The zero-order chi connectivity index (χ0) is 13.9. The summed E-state index contributed by atoms with van der Waals surface area (Å²) >= 11 is 1.71. The van der Waals surface area contributed by atoms with Crippen molar-refractivity contribution in [1.29, 1.82) is 0 Å². The average Bonchev–Trinajstić information content (AvgIpc) is 2.96. The largest absolute Gasteiger partial charge is 0.497 e. The number of thioether (sulfide) groups is 1. The second-order valence-corrected chi connectivity index (χ2v) is 5.48. The highest BCUT2D eigenvalue weighted by atomic mass is 32.2. The van der Waals surface area contributed by atoms with Gasteiger partial charge in [-0.1, -0.05) is 30.8 Å². The maximum atomic E-state index is 5.27. The first-order valence-electron chi connectivity index (χ1n) is 6.43. The van der Waals surface area contributed by atoms with E-state index in [1.807, 2.05) is 40.9 Å². The molecule has 3 rings (SSSR count). The van der Waals surface area contributed by atoms with Gasteiger partial charge in [0.15, 0.2) is 5.16 Å². The van der Waals surface area contributed by atoms with Gasteiger partial charge in [-0.25, -0.2) is 9.97 Å². The molecule has 0 radical (unpaired) electrons. The molecule has 0 saturated heterocycles. The van der Waals surface area contributed by atoms with Crippen LogP contribution in [-0.4, -0.2) is 27.2 Å². The van der Waals surface area contributed by atoms with Crippen LogP contribution in [-0.2, 0) is 0 Å². The lowest BCUT2D eigenvalue weighted by Gasteiger charge is -2.08. The molecule has 0 aliphatic heterocycles. The average molecular weight is 285 g/mol. The Hall–Kier alpha value is -2.01. The second kappa shape index (κ2) is 5.54. The number of ether oxygens (including phenoxy) is 1. The van der Waals surface area contributed by atoms with Crippen LogP contribution in [0.2, 0.25) is 0 Å². The number of fused-ring (bicyclic) bond motifs is 1. The SMILES string of the molecule is CCSc1nc(-c2cccc(OC)c2)cc2nccn12. The Morgan fingerprint density at radius 1 is 1.30 bits per heavy atom. The molecule has 5 heteroatoms. The Bertz CT molecular complexity index is 739. The van der Waals surface area contributed by atoms with Gasteiger partial charge >= 0.3 is 0 Å². The maximum absolute atomic E-state index is 5.27. The number of nitrogens with zero attached hydrogens (tertiary/aromatic N) is 3. The van der Waals surface area contributed by atoms with E-state index >= 15 is 0 Å². The summed E-state index contributed by atoms with van der Waals surface area (Å²) < 4.78 is 7.28. The van der Waals surface area contributed by atoms with Crippen LogP contribution < -0.4 is 4.74 Å². The van der Waals surface area contributed by atoms with Crippen LogP contribution >= 0.6 is 11.8 Å². The van der Waals surface area contributed by atoms with Crippen molar-refractivity contribution in [3.63, 3.8) is 0 Å². The molecule has 0 N–H and O–H groups in total. The molecule has 4 nitrogen and oxygen atoms in total. The quantitative estimate of drug-likeness (QED) is 0.543. The van der Waals surface area contributed by atoms with Crippen LogP contribution in [0.25, 0.3) is 16.9 Å². The standard InChI is InChI=1S/C15H15N3OS/c1-3-20-15-17-13(10-14-16-7-8-18(14)15)11-5-4-6-12(9-11)19-2/h4-10H,3H2,1-2H3. The first kappa shape index (κ1) is 13.0. The Balaban J connectivity index is 2.14. The maximum Gasteiger partial charge on any atom is 0.174 e. The molecule has 3 aromatic rings. The van der Waals surface area contributed by atoms with Crippen molar-refractivity contribution in [2.75, 3.05) is 12.9 Å². The molecule has 0 aliphatic rings. The predicted octanol–water partition coefficient (Wildman–Crippen LogP) is 3.52.